The Labute approximate surface area is 219 Å². The predicted molar refractivity (Wildman–Crippen MR) is 139 cm³/mol. The zero-order valence-corrected chi connectivity index (χ0v) is 21.5. The molecule has 6 heterocycles. The Morgan fingerprint density at radius 3 is 2.50 bits per heavy atom. The molecule has 38 heavy (non-hydrogen) atoms. The number of rotatable bonds is 5. The van der Waals surface area contributed by atoms with E-state index in [9.17, 15) is 9.18 Å². The lowest BCUT2D eigenvalue weighted by molar-refractivity contribution is -0.0381. The average molecular weight is 517 g/mol. The minimum absolute atomic E-state index is 0.0437. The Hall–Kier alpha value is -4.21. The quantitative estimate of drug-likeness (QED) is 0.380. The van der Waals surface area contributed by atoms with Crippen molar-refractivity contribution < 1.29 is 18.7 Å². The fraction of sp³-hybridized carbons (Fsp3) is 0.357. The summed E-state index contributed by atoms with van der Waals surface area (Å²) in [7, 11) is 0. The first-order valence-corrected chi connectivity index (χ1v) is 12.7. The van der Waals surface area contributed by atoms with E-state index in [1.165, 1.54) is 12.3 Å². The van der Waals surface area contributed by atoms with Crippen LogP contribution in [-0.2, 0) is 11.3 Å². The highest BCUT2D eigenvalue weighted by molar-refractivity contribution is 5.71. The van der Waals surface area contributed by atoms with Crippen LogP contribution >= 0.6 is 0 Å². The molecule has 0 saturated carbocycles. The Morgan fingerprint density at radius 2 is 1.82 bits per heavy atom. The minimum atomic E-state index is -0.537. The number of hydrogen-bond acceptors (Lipinski definition) is 7. The van der Waals surface area contributed by atoms with Crippen LogP contribution in [0, 0.1) is 5.82 Å². The molecule has 10 heteroatoms. The van der Waals surface area contributed by atoms with Gasteiger partial charge in [-0.15, -0.1) is 5.10 Å². The molecule has 4 aromatic rings. The molecule has 1 aromatic carbocycles. The molecule has 0 radical (unpaired) electrons. The first kappa shape index (κ1) is 24.1. The van der Waals surface area contributed by atoms with Crippen molar-refractivity contribution in [2.24, 2.45) is 0 Å². The molecule has 0 spiro atoms. The Bertz CT molecular complexity index is 1460. The molecule has 0 N–H and O–H groups in total. The highest BCUT2D eigenvalue weighted by Crippen LogP contribution is 2.36. The number of ether oxygens (including phenoxy) is 2. The monoisotopic (exact) mass is 516 g/mol. The Kier molecular flexibility index (Phi) is 5.89. The van der Waals surface area contributed by atoms with Gasteiger partial charge in [0.1, 0.15) is 18.0 Å². The maximum atomic E-state index is 13.5. The van der Waals surface area contributed by atoms with Crippen LogP contribution in [-0.4, -0.2) is 61.3 Å². The van der Waals surface area contributed by atoms with E-state index in [-0.39, 0.29) is 18.2 Å². The Balaban J connectivity index is 1.30. The maximum absolute atomic E-state index is 13.5. The lowest BCUT2D eigenvalue weighted by Crippen LogP contribution is -2.70. The number of pyridine rings is 2. The number of piperidine rings is 1. The number of carbonyl (C=O) groups is 1. The number of benzene rings is 1. The lowest BCUT2D eigenvalue weighted by Gasteiger charge is -2.55. The van der Waals surface area contributed by atoms with Crippen LogP contribution in [0.25, 0.3) is 17.0 Å². The van der Waals surface area contributed by atoms with Crippen LogP contribution in [0.15, 0.2) is 60.8 Å². The van der Waals surface area contributed by atoms with Gasteiger partial charge in [0, 0.05) is 13.1 Å². The molecule has 3 fully saturated rings. The van der Waals surface area contributed by atoms with Crippen LogP contribution in [0.5, 0.6) is 5.75 Å². The molecule has 1 amide bonds. The normalized spacial score (nSPS) is 18.8. The molecule has 7 rings (SSSR count). The second-order valence-corrected chi connectivity index (χ2v) is 10.7. The highest BCUT2D eigenvalue weighted by Gasteiger charge is 2.49. The summed E-state index contributed by atoms with van der Waals surface area (Å²) in [6.45, 7) is 7.22. The number of nitrogens with zero attached hydrogens (tertiary/aromatic N) is 6. The van der Waals surface area contributed by atoms with Gasteiger partial charge in [-0.05, 0) is 57.0 Å². The van der Waals surface area contributed by atoms with E-state index >= 15 is 0 Å². The number of anilines is 1. The van der Waals surface area contributed by atoms with Gasteiger partial charge in [0.25, 0.3) is 0 Å². The minimum Gasteiger partial charge on any atom is -0.485 e. The topological polar surface area (TPSA) is 85.1 Å². The molecule has 3 aromatic heterocycles. The van der Waals surface area contributed by atoms with Gasteiger partial charge in [0.15, 0.2) is 11.4 Å². The molecule has 196 valence electrons. The van der Waals surface area contributed by atoms with Gasteiger partial charge in [0.05, 0.1) is 29.7 Å². The summed E-state index contributed by atoms with van der Waals surface area (Å²) in [5.74, 6) is 0.716. The summed E-state index contributed by atoms with van der Waals surface area (Å²) in [6.07, 6.45) is 1.84. The van der Waals surface area contributed by atoms with Crippen molar-refractivity contribution in [3.63, 3.8) is 0 Å². The van der Waals surface area contributed by atoms with Gasteiger partial charge in [-0.2, -0.15) is 4.98 Å². The van der Waals surface area contributed by atoms with Crippen LogP contribution in [0.1, 0.15) is 32.8 Å². The largest absolute Gasteiger partial charge is 0.485 e. The number of amides is 1. The molecule has 2 atom stereocenters. The second-order valence-electron chi connectivity index (χ2n) is 10.7. The standard InChI is InChI=1S/C28H29FN6O3/c1-28(2,3)38-27(36)34-20-13-21(34)16-33(15-20)26-31-25-24(37-17-18-7-5-4-6-8-18)12-11-23(35(25)32-26)22-10-9-19(29)14-30-22/h4-12,14,20-21H,13,15-17H2,1-3H3. The Morgan fingerprint density at radius 1 is 1.05 bits per heavy atom. The fourth-order valence-electron chi connectivity index (χ4n) is 5.02. The molecular formula is C28H29FN6O3. The van der Waals surface area contributed by atoms with Gasteiger partial charge < -0.3 is 14.4 Å². The predicted octanol–water partition coefficient (Wildman–Crippen LogP) is 4.71. The van der Waals surface area contributed by atoms with Crippen LogP contribution in [0.3, 0.4) is 0 Å². The first-order chi connectivity index (χ1) is 18.2. The van der Waals surface area contributed by atoms with Gasteiger partial charge in [-0.1, -0.05) is 30.3 Å². The molecular weight excluding hydrogens is 487 g/mol. The molecule has 3 saturated heterocycles. The van der Waals surface area contributed by atoms with E-state index in [1.807, 2.05) is 68.1 Å². The van der Waals surface area contributed by atoms with Crippen molar-refractivity contribution >= 4 is 17.7 Å². The first-order valence-electron chi connectivity index (χ1n) is 12.7. The highest BCUT2D eigenvalue weighted by atomic mass is 19.1. The summed E-state index contributed by atoms with van der Waals surface area (Å²) in [5.41, 5.74) is 2.28. The number of halogens is 1. The lowest BCUT2D eigenvalue weighted by atomic mass is 9.88. The molecule has 2 bridgehead atoms. The summed E-state index contributed by atoms with van der Waals surface area (Å²) in [5, 5.41) is 4.82. The van der Waals surface area contributed by atoms with E-state index < -0.39 is 11.4 Å². The van der Waals surface area contributed by atoms with Crippen LogP contribution in [0.4, 0.5) is 15.1 Å². The van der Waals surface area contributed by atoms with Crippen molar-refractivity contribution in [1.82, 2.24) is 24.5 Å². The SMILES string of the molecule is CC(C)(C)OC(=O)N1C2CC1CN(c1nc3c(OCc4ccccc4)ccc(-c4ccc(F)cn4)n3n1)C2. The van der Waals surface area contributed by atoms with Crippen LogP contribution < -0.4 is 9.64 Å². The third-order valence-corrected chi connectivity index (χ3v) is 6.74. The zero-order valence-electron chi connectivity index (χ0n) is 21.5. The summed E-state index contributed by atoms with van der Waals surface area (Å²) >= 11 is 0. The van der Waals surface area contributed by atoms with E-state index in [2.05, 4.69) is 9.88 Å². The summed E-state index contributed by atoms with van der Waals surface area (Å²) < 4.78 is 27.0. The van der Waals surface area contributed by atoms with E-state index in [4.69, 9.17) is 19.6 Å². The second kappa shape index (κ2) is 9.27. The third-order valence-electron chi connectivity index (χ3n) is 6.74. The number of hydrogen-bond donors (Lipinski definition) is 0. The molecule has 2 unspecified atom stereocenters. The van der Waals surface area contributed by atoms with Gasteiger partial charge in [0.2, 0.25) is 5.95 Å². The van der Waals surface area contributed by atoms with E-state index in [1.54, 1.807) is 10.6 Å². The van der Waals surface area contributed by atoms with Crippen molar-refractivity contribution in [3.05, 3.63) is 72.2 Å². The summed E-state index contributed by atoms with van der Waals surface area (Å²) in [4.78, 5) is 25.7. The number of fused-ring (bicyclic) bond motifs is 3. The smallest absolute Gasteiger partial charge is 0.410 e. The molecule has 3 aliphatic heterocycles. The van der Waals surface area contributed by atoms with Crippen molar-refractivity contribution in [2.45, 2.75) is 51.5 Å². The van der Waals surface area contributed by atoms with Gasteiger partial charge in [-0.3, -0.25) is 9.88 Å². The number of piperazine rings is 1. The number of aromatic nitrogens is 4. The fourth-order valence-corrected chi connectivity index (χ4v) is 5.02. The third kappa shape index (κ3) is 4.62. The molecule has 9 nitrogen and oxygen atoms in total. The van der Waals surface area contributed by atoms with Crippen molar-refractivity contribution in [2.75, 3.05) is 18.0 Å². The van der Waals surface area contributed by atoms with E-state index in [0.29, 0.717) is 48.4 Å². The zero-order chi connectivity index (χ0) is 26.4. The van der Waals surface area contributed by atoms with Crippen molar-refractivity contribution in [3.8, 4) is 17.1 Å². The molecule has 3 aliphatic rings. The van der Waals surface area contributed by atoms with Gasteiger partial charge in [-0.25, -0.2) is 13.7 Å². The average Bonchev–Trinajstić information content (AvgIpc) is 3.33. The number of carbonyl (C=O) groups excluding carboxylic acids is 1. The van der Waals surface area contributed by atoms with Gasteiger partial charge >= 0.3 is 6.09 Å². The van der Waals surface area contributed by atoms with Crippen LogP contribution in [0.2, 0.25) is 0 Å². The maximum Gasteiger partial charge on any atom is 0.410 e. The van der Waals surface area contributed by atoms with E-state index in [0.717, 1.165) is 12.0 Å². The van der Waals surface area contributed by atoms with Crippen molar-refractivity contribution in [1.29, 1.82) is 0 Å². The molecule has 0 aliphatic carbocycles. The summed E-state index contributed by atoms with van der Waals surface area (Å²) in [6, 6.07) is 16.7.